The minimum atomic E-state index is -3.11. The maximum Gasteiger partial charge on any atom is 0.214 e. The number of nitrogens with zero attached hydrogens (tertiary/aromatic N) is 1. The fraction of sp³-hybridized carbons (Fsp3) is 1.00. The number of hydrogen-bond acceptors (Lipinski definition) is 3. The van der Waals surface area contributed by atoms with Crippen molar-refractivity contribution in [1.82, 2.24) is 4.31 Å². The molecule has 1 aliphatic heterocycles. The Kier molecular flexibility index (Phi) is 5.41. The topological polar surface area (TPSA) is 57.6 Å². The molecule has 0 spiro atoms. The number of aliphatic hydroxyl groups is 1. The lowest BCUT2D eigenvalue weighted by Gasteiger charge is -2.23. The van der Waals surface area contributed by atoms with Crippen LogP contribution in [-0.2, 0) is 10.0 Å². The van der Waals surface area contributed by atoms with Crippen LogP contribution >= 0.6 is 0 Å². The Balaban J connectivity index is 2.54. The van der Waals surface area contributed by atoms with Crippen LogP contribution in [0.15, 0.2) is 0 Å². The van der Waals surface area contributed by atoms with Crippen molar-refractivity contribution < 1.29 is 13.5 Å². The molecule has 0 aromatic carbocycles. The van der Waals surface area contributed by atoms with E-state index in [1.54, 1.807) is 4.31 Å². The zero-order chi connectivity index (χ0) is 12.9. The minimum Gasteiger partial charge on any atom is -0.396 e. The van der Waals surface area contributed by atoms with Crippen LogP contribution in [-0.4, -0.2) is 43.3 Å². The standard InChI is InChI=1S/C12H25NO3S/c1-12(2)6-5-8-13(9-7-12)17(15,16)11-4-3-10-14/h14H,3-11H2,1-2H3. The van der Waals surface area contributed by atoms with Gasteiger partial charge in [-0.05, 0) is 37.5 Å². The lowest BCUT2D eigenvalue weighted by Crippen LogP contribution is -2.34. The number of unbranched alkanes of at least 4 members (excludes halogenated alkanes) is 1. The van der Waals surface area contributed by atoms with Crippen LogP contribution in [0.4, 0.5) is 0 Å². The molecule has 0 amide bonds. The quantitative estimate of drug-likeness (QED) is 0.767. The van der Waals surface area contributed by atoms with E-state index in [9.17, 15) is 8.42 Å². The molecule has 1 rings (SSSR count). The monoisotopic (exact) mass is 263 g/mol. The van der Waals surface area contributed by atoms with Crippen LogP contribution in [0.25, 0.3) is 0 Å². The minimum absolute atomic E-state index is 0.0720. The molecule has 0 radical (unpaired) electrons. The van der Waals surface area contributed by atoms with Gasteiger partial charge in [0.2, 0.25) is 10.0 Å². The first-order valence-corrected chi connectivity index (χ1v) is 8.07. The van der Waals surface area contributed by atoms with Crippen LogP contribution in [0.5, 0.6) is 0 Å². The summed E-state index contributed by atoms with van der Waals surface area (Å²) in [5.74, 6) is 0.175. The molecule has 0 aromatic heterocycles. The summed E-state index contributed by atoms with van der Waals surface area (Å²) in [7, 11) is -3.11. The van der Waals surface area contributed by atoms with Crippen molar-refractivity contribution in [3.05, 3.63) is 0 Å². The first-order chi connectivity index (χ1) is 7.87. The fourth-order valence-corrected chi connectivity index (χ4v) is 3.81. The first kappa shape index (κ1) is 14.9. The molecule has 1 heterocycles. The smallest absolute Gasteiger partial charge is 0.214 e. The van der Waals surface area contributed by atoms with Gasteiger partial charge in [0.05, 0.1) is 5.75 Å². The van der Waals surface area contributed by atoms with Crippen molar-refractivity contribution in [1.29, 1.82) is 0 Å². The third kappa shape index (κ3) is 4.94. The van der Waals surface area contributed by atoms with E-state index in [0.29, 0.717) is 25.9 Å². The number of rotatable bonds is 5. The van der Waals surface area contributed by atoms with Crippen LogP contribution in [0, 0.1) is 5.41 Å². The largest absolute Gasteiger partial charge is 0.396 e. The highest BCUT2D eigenvalue weighted by atomic mass is 32.2. The highest BCUT2D eigenvalue weighted by Crippen LogP contribution is 2.30. The van der Waals surface area contributed by atoms with Crippen molar-refractivity contribution >= 4 is 10.0 Å². The predicted molar refractivity (Wildman–Crippen MR) is 69.3 cm³/mol. The highest BCUT2D eigenvalue weighted by Gasteiger charge is 2.28. The summed E-state index contributed by atoms with van der Waals surface area (Å²) < 4.78 is 25.8. The van der Waals surface area contributed by atoms with Gasteiger partial charge in [-0.25, -0.2) is 12.7 Å². The van der Waals surface area contributed by atoms with Gasteiger partial charge in [0.15, 0.2) is 0 Å². The molecule has 0 unspecified atom stereocenters. The molecule has 1 N–H and O–H groups in total. The summed E-state index contributed by atoms with van der Waals surface area (Å²) in [6, 6.07) is 0. The molecule has 102 valence electrons. The molecule has 0 aromatic rings. The first-order valence-electron chi connectivity index (χ1n) is 6.46. The average Bonchev–Trinajstić information content (AvgIpc) is 2.40. The summed E-state index contributed by atoms with van der Waals surface area (Å²) in [5.41, 5.74) is 0.259. The van der Waals surface area contributed by atoms with Crippen molar-refractivity contribution in [3.63, 3.8) is 0 Å². The van der Waals surface area contributed by atoms with E-state index in [2.05, 4.69) is 13.8 Å². The third-order valence-corrected chi connectivity index (χ3v) is 5.46. The normalized spacial score (nSPS) is 22.3. The second-order valence-electron chi connectivity index (χ2n) is 5.66. The number of aliphatic hydroxyl groups excluding tert-OH is 1. The van der Waals surface area contributed by atoms with Gasteiger partial charge in [0.25, 0.3) is 0 Å². The highest BCUT2D eigenvalue weighted by molar-refractivity contribution is 7.89. The van der Waals surface area contributed by atoms with Crippen molar-refractivity contribution in [2.24, 2.45) is 5.41 Å². The number of hydrogen-bond donors (Lipinski definition) is 1. The zero-order valence-corrected chi connectivity index (χ0v) is 11.8. The van der Waals surface area contributed by atoms with E-state index in [0.717, 1.165) is 19.3 Å². The molecule has 1 fully saturated rings. The van der Waals surface area contributed by atoms with Gasteiger partial charge in [-0.15, -0.1) is 0 Å². The molecule has 5 heteroatoms. The molecule has 0 saturated carbocycles. The second kappa shape index (κ2) is 6.16. The van der Waals surface area contributed by atoms with Crippen LogP contribution in [0.2, 0.25) is 0 Å². The fourth-order valence-electron chi connectivity index (χ4n) is 2.20. The van der Waals surface area contributed by atoms with E-state index in [-0.39, 0.29) is 17.8 Å². The van der Waals surface area contributed by atoms with Gasteiger partial charge in [-0.2, -0.15) is 0 Å². The molecule has 0 aliphatic carbocycles. The Morgan fingerprint density at radius 1 is 1.18 bits per heavy atom. The van der Waals surface area contributed by atoms with Gasteiger partial charge >= 0.3 is 0 Å². The van der Waals surface area contributed by atoms with E-state index >= 15 is 0 Å². The molecule has 0 bridgehead atoms. The molecule has 1 aliphatic rings. The van der Waals surface area contributed by atoms with Gasteiger partial charge in [0, 0.05) is 19.7 Å². The molecule has 1 saturated heterocycles. The van der Waals surface area contributed by atoms with Gasteiger partial charge in [0.1, 0.15) is 0 Å². The van der Waals surface area contributed by atoms with E-state index in [4.69, 9.17) is 5.11 Å². The summed E-state index contributed by atoms with van der Waals surface area (Å²) in [4.78, 5) is 0. The van der Waals surface area contributed by atoms with Crippen LogP contribution in [0.3, 0.4) is 0 Å². The lowest BCUT2D eigenvalue weighted by atomic mass is 9.85. The zero-order valence-electron chi connectivity index (χ0n) is 11.0. The van der Waals surface area contributed by atoms with Crippen LogP contribution < -0.4 is 0 Å². The maximum atomic E-state index is 12.1. The lowest BCUT2D eigenvalue weighted by molar-refractivity contribution is 0.286. The predicted octanol–water partition coefficient (Wildman–Crippen LogP) is 1.60. The molecular weight excluding hydrogens is 238 g/mol. The Morgan fingerprint density at radius 2 is 1.88 bits per heavy atom. The van der Waals surface area contributed by atoms with Crippen molar-refractivity contribution in [2.45, 2.75) is 46.0 Å². The van der Waals surface area contributed by atoms with E-state index in [1.807, 2.05) is 0 Å². The second-order valence-corrected chi connectivity index (χ2v) is 7.75. The summed E-state index contributed by atoms with van der Waals surface area (Å²) in [6.45, 7) is 5.78. The van der Waals surface area contributed by atoms with Gasteiger partial charge < -0.3 is 5.11 Å². The SMILES string of the molecule is CC1(C)CCCN(S(=O)(=O)CCCCO)CC1. The van der Waals surface area contributed by atoms with Crippen LogP contribution in [0.1, 0.15) is 46.0 Å². The maximum absolute atomic E-state index is 12.1. The van der Waals surface area contributed by atoms with E-state index < -0.39 is 10.0 Å². The van der Waals surface area contributed by atoms with E-state index in [1.165, 1.54) is 0 Å². The molecule has 4 nitrogen and oxygen atoms in total. The third-order valence-electron chi connectivity index (χ3n) is 3.50. The molecule has 17 heavy (non-hydrogen) atoms. The Morgan fingerprint density at radius 3 is 2.53 bits per heavy atom. The molecule has 0 atom stereocenters. The van der Waals surface area contributed by atoms with Gasteiger partial charge in [-0.1, -0.05) is 13.8 Å². The average molecular weight is 263 g/mol. The van der Waals surface area contributed by atoms with Crippen molar-refractivity contribution in [3.8, 4) is 0 Å². The van der Waals surface area contributed by atoms with Crippen molar-refractivity contribution in [2.75, 3.05) is 25.4 Å². The Hall–Kier alpha value is -0.130. The molecular formula is C12H25NO3S. The summed E-state index contributed by atoms with van der Waals surface area (Å²) in [5, 5.41) is 8.68. The van der Waals surface area contributed by atoms with Gasteiger partial charge in [-0.3, -0.25) is 0 Å². The Bertz CT molecular complexity index is 325. The summed E-state index contributed by atoms with van der Waals surface area (Å²) >= 11 is 0. The Labute approximate surface area is 105 Å². The number of sulfonamides is 1. The summed E-state index contributed by atoms with van der Waals surface area (Å²) in [6.07, 6.45) is 4.10.